The van der Waals surface area contributed by atoms with E-state index in [0.717, 1.165) is 13.0 Å². The topological polar surface area (TPSA) is 66.5 Å². The summed E-state index contributed by atoms with van der Waals surface area (Å²) in [6, 6.07) is 4.09. The van der Waals surface area contributed by atoms with Crippen LogP contribution in [-0.4, -0.2) is 48.2 Å². The van der Waals surface area contributed by atoms with Gasteiger partial charge in [-0.15, -0.1) is 0 Å². The number of ether oxygens (including phenoxy) is 1. The zero-order chi connectivity index (χ0) is 17.2. The number of hydrogen-bond acceptors (Lipinski definition) is 4. The summed E-state index contributed by atoms with van der Waals surface area (Å²) >= 11 is 0. The van der Waals surface area contributed by atoms with E-state index in [1.165, 1.54) is 37.9 Å². The first kappa shape index (κ1) is 18.5. The summed E-state index contributed by atoms with van der Waals surface area (Å²) in [4.78, 5) is 18.2. The van der Waals surface area contributed by atoms with Crippen molar-refractivity contribution in [2.24, 2.45) is 0 Å². The van der Waals surface area contributed by atoms with Crippen molar-refractivity contribution in [3.63, 3.8) is 0 Å². The van der Waals surface area contributed by atoms with E-state index in [9.17, 15) is 4.79 Å². The van der Waals surface area contributed by atoms with Crippen molar-refractivity contribution in [3.05, 3.63) is 23.9 Å². The average Bonchev–Trinajstić information content (AvgIpc) is 2.55. The van der Waals surface area contributed by atoms with Crippen molar-refractivity contribution >= 4 is 6.03 Å². The van der Waals surface area contributed by atoms with Crippen LogP contribution in [0.5, 0.6) is 5.88 Å². The molecule has 0 unspecified atom stereocenters. The fourth-order valence-electron chi connectivity index (χ4n) is 2.77. The molecule has 1 fully saturated rings. The van der Waals surface area contributed by atoms with E-state index in [1.807, 2.05) is 26.1 Å². The molecule has 0 bridgehead atoms. The fraction of sp³-hybridized carbons (Fsp3) is 0.667. The molecule has 1 aliphatic heterocycles. The Kier molecular flexibility index (Phi) is 7.82. The molecule has 6 nitrogen and oxygen atoms in total. The van der Waals surface area contributed by atoms with Crippen LogP contribution in [0.15, 0.2) is 18.3 Å². The predicted octanol–water partition coefficient (Wildman–Crippen LogP) is 2.54. The molecular weight excluding hydrogens is 304 g/mol. The second kappa shape index (κ2) is 10.1. The Morgan fingerprint density at radius 3 is 2.88 bits per heavy atom. The highest BCUT2D eigenvalue weighted by molar-refractivity contribution is 5.73. The Balaban J connectivity index is 1.65. The van der Waals surface area contributed by atoms with Gasteiger partial charge in [0.05, 0.1) is 6.61 Å². The van der Waals surface area contributed by atoms with Gasteiger partial charge in [-0.05, 0) is 57.8 Å². The molecule has 2 rings (SSSR count). The molecule has 1 aliphatic rings. The lowest BCUT2D eigenvalue weighted by Crippen LogP contribution is -2.40. The summed E-state index contributed by atoms with van der Waals surface area (Å²) in [7, 11) is 0. The van der Waals surface area contributed by atoms with Gasteiger partial charge in [-0.25, -0.2) is 9.78 Å². The Morgan fingerprint density at radius 2 is 2.12 bits per heavy atom. The maximum absolute atomic E-state index is 11.4. The number of piperidine rings is 1. The van der Waals surface area contributed by atoms with Crippen molar-refractivity contribution in [2.45, 2.75) is 52.1 Å². The van der Waals surface area contributed by atoms with Crippen LogP contribution in [0.3, 0.4) is 0 Å². The number of nitrogens with zero attached hydrogens (tertiary/aromatic N) is 2. The summed E-state index contributed by atoms with van der Waals surface area (Å²) in [5.74, 6) is 0.663. The molecule has 2 amide bonds. The molecular formula is C18H30N4O2. The number of urea groups is 1. The van der Waals surface area contributed by atoms with Gasteiger partial charge in [-0.1, -0.05) is 6.42 Å². The van der Waals surface area contributed by atoms with Gasteiger partial charge in [0.2, 0.25) is 5.88 Å². The third kappa shape index (κ3) is 7.17. The largest absolute Gasteiger partial charge is 0.478 e. The lowest BCUT2D eigenvalue weighted by Gasteiger charge is -2.26. The molecule has 0 saturated carbocycles. The standard InChI is InChI=1S/C18H30N4O2/c1-15(2)21-18(23)20-8-6-12-24-17-13-16(7-9-19-17)14-22-10-4-3-5-11-22/h7,9,13,15H,3-6,8,10-12,14H2,1-2H3,(H2,20,21,23). The van der Waals surface area contributed by atoms with Crippen LogP contribution < -0.4 is 15.4 Å². The molecule has 6 heteroatoms. The smallest absolute Gasteiger partial charge is 0.314 e. The summed E-state index contributed by atoms with van der Waals surface area (Å²) < 4.78 is 5.70. The zero-order valence-corrected chi connectivity index (χ0v) is 14.9. The molecule has 0 aromatic carbocycles. The van der Waals surface area contributed by atoms with Crippen molar-refractivity contribution in [2.75, 3.05) is 26.2 Å². The number of carbonyl (C=O) groups excluding carboxylic acids is 1. The third-order valence-corrected chi connectivity index (χ3v) is 3.93. The molecule has 0 spiro atoms. The summed E-state index contributed by atoms with van der Waals surface area (Å²) in [6.45, 7) is 8.34. The first-order chi connectivity index (χ1) is 11.6. The Hall–Kier alpha value is -1.82. The summed E-state index contributed by atoms with van der Waals surface area (Å²) in [5, 5.41) is 5.60. The van der Waals surface area contributed by atoms with Crippen LogP contribution >= 0.6 is 0 Å². The van der Waals surface area contributed by atoms with Gasteiger partial charge in [0, 0.05) is 31.4 Å². The highest BCUT2D eigenvalue weighted by Crippen LogP contribution is 2.15. The van der Waals surface area contributed by atoms with Crippen LogP contribution in [0.25, 0.3) is 0 Å². The number of amides is 2. The van der Waals surface area contributed by atoms with E-state index in [4.69, 9.17) is 4.74 Å². The second-order valence-corrected chi connectivity index (χ2v) is 6.60. The number of rotatable bonds is 8. The lowest BCUT2D eigenvalue weighted by molar-refractivity contribution is 0.220. The maximum atomic E-state index is 11.4. The predicted molar refractivity (Wildman–Crippen MR) is 95.1 cm³/mol. The zero-order valence-electron chi connectivity index (χ0n) is 14.9. The van der Waals surface area contributed by atoms with Gasteiger partial charge < -0.3 is 15.4 Å². The number of carbonyl (C=O) groups is 1. The maximum Gasteiger partial charge on any atom is 0.314 e. The summed E-state index contributed by atoms with van der Waals surface area (Å²) in [5.41, 5.74) is 1.25. The van der Waals surface area contributed by atoms with E-state index >= 15 is 0 Å². The molecule has 0 atom stereocenters. The minimum absolute atomic E-state index is 0.133. The second-order valence-electron chi connectivity index (χ2n) is 6.60. The molecule has 24 heavy (non-hydrogen) atoms. The monoisotopic (exact) mass is 334 g/mol. The number of likely N-dealkylation sites (tertiary alicyclic amines) is 1. The molecule has 1 aromatic rings. The lowest BCUT2D eigenvalue weighted by atomic mass is 10.1. The van der Waals surface area contributed by atoms with Gasteiger partial charge in [-0.2, -0.15) is 0 Å². The molecule has 134 valence electrons. The first-order valence-corrected chi connectivity index (χ1v) is 8.98. The highest BCUT2D eigenvalue weighted by atomic mass is 16.5. The Labute approximate surface area is 145 Å². The fourth-order valence-corrected chi connectivity index (χ4v) is 2.77. The Bertz CT molecular complexity index is 502. The van der Waals surface area contributed by atoms with Crippen LogP contribution in [-0.2, 0) is 6.54 Å². The van der Waals surface area contributed by atoms with Crippen LogP contribution in [0.2, 0.25) is 0 Å². The number of nitrogens with one attached hydrogen (secondary N) is 2. The molecule has 1 aromatic heterocycles. The van der Waals surface area contributed by atoms with Crippen LogP contribution in [0, 0.1) is 0 Å². The molecule has 1 saturated heterocycles. The van der Waals surface area contributed by atoms with Gasteiger partial charge in [0.25, 0.3) is 0 Å². The number of aromatic nitrogens is 1. The first-order valence-electron chi connectivity index (χ1n) is 8.98. The van der Waals surface area contributed by atoms with E-state index in [1.54, 1.807) is 0 Å². The van der Waals surface area contributed by atoms with Gasteiger partial charge >= 0.3 is 6.03 Å². The van der Waals surface area contributed by atoms with E-state index in [-0.39, 0.29) is 12.1 Å². The van der Waals surface area contributed by atoms with Crippen LogP contribution in [0.4, 0.5) is 4.79 Å². The summed E-state index contributed by atoms with van der Waals surface area (Å²) in [6.07, 6.45) is 6.51. The van der Waals surface area contributed by atoms with Crippen LogP contribution in [0.1, 0.15) is 45.1 Å². The molecule has 2 N–H and O–H groups in total. The normalized spacial score (nSPS) is 15.3. The van der Waals surface area contributed by atoms with Crippen molar-refractivity contribution in [3.8, 4) is 5.88 Å². The van der Waals surface area contributed by atoms with Gasteiger partial charge in [0.15, 0.2) is 0 Å². The SMILES string of the molecule is CC(C)NC(=O)NCCCOc1cc(CN2CCCCC2)ccn1. The third-order valence-electron chi connectivity index (χ3n) is 3.93. The molecule has 0 radical (unpaired) electrons. The van der Waals surface area contributed by atoms with Gasteiger partial charge in [-0.3, -0.25) is 4.90 Å². The minimum Gasteiger partial charge on any atom is -0.478 e. The van der Waals surface area contributed by atoms with E-state index < -0.39 is 0 Å². The highest BCUT2D eigenvalue weighted by Gasteiger charge is 2.11. The average molecular weight is 334 g/mol. The van der Waals surface area contributed by atoms with Crippen molar-refractivity contribution in [1.82, 2.24) is 20.5 Å². The van der Waals surface area contributed by atoms with Crippen molar-refractivity contribution in [1.29, 1.82) is 0 Å². The van der Waals surface area contributed by atoms with E-state index in [0.29, 0.717) is 19.0 Å². The van der Waals surface area contributed by atoms with E-state index in [2.05, 4.69) is 26.6 Å². The minimum atomic E-state index is -0.133. The number of pyridine rings is 1. The molecule has 2 heterocycles. The Morgan fingerprint density at radius 1 is 1.33 bits per heavy atom. The van der Waals surface area contributed by atoms with Crippen molar-refractivity contribution < 1.29 is 9.53 Å². The van der Waals surface area contributed by atoms with Gasteiger partial charge in [0.1, 0.15) is 0 Å². The molecule has 0 aliphatic carbocycles. The quantitative estimate of drug-likeness (QED) is 0.717. The number of hydrogen-bond donors (Lipinski definition) is 2.